The van der Waals surface area contributed by atoms with Crippen LogP contribution >= 0.6 is 24.0 Å². The molecule has 0 aromatic carbocycles. The molecule has 0 radical (unpaired) electrons. The number of hydrogen-bond acceptors (Lipinski definition) is 4. The number of rotatable bonds is 7. The van der Waals surface area contributed by atoms with E-state index in [1.54, 1.807) is 0 Å². The van der Waals surface area contributed by atoms with Crippen LogP contribution in [0, 0.1) is 0 Å². The summed E-state index contributed by atoms with van der Waals surface area (Å²) in [5.74, 6) is 0.708. The lowest BCUT2D eigenvalue weighted by molar-refractivity contribution is -0.140. The predicted octanol–water partition coefficient (Wildman–Crippen LogP) is 1.82. The van der Waals surface area contributed by atoms with Gasteiger partial charge in [0.2, 0.25) is 0 Å². The first-order valence-electron chi connectivity index (χ1n) is 8.00. The van der Waals surface area contributed by atoms with Crippen molar-refractivity contribution in [1.82, 2.24) is 10.6 Å². The summed E-state index contributed by atoms with van der Waals surface area (Å²) in [6, 6.07) is 0.386. The molecule has 0 saturated carbocycles. The molecular weight excluding hydrogens is 397 g/mol. The summed E-state index contributed by atoms with van der Waals surface area (Å²) in [4.78, 5) is 15.6. The van der Waals surface area contributed by atoms with Gasteiger partial charge in [-0.15, -0.1) is 24.0 Å². The van der Waals surface area contributed by atoms with Gasteiger partial charge < -0.3 is 20.1 Å². The van der Waals surface area contributed by atoms with Gasteiger partial charge >= 0.3 is 5.97 Å². The molecule has 2 fully saturated rings. The number of hydrogen-bond donors (Lipinski definition) is 2. The fraction of sp³-hybridized carbons (Fsp3) is 0.867. The van der Waals surface area contributed by atoms with Crippen molar-refractivity contribution in [3.05, 3.63) is 0 Å². The van der Waals surface area contributed by atoms with Crippen molar-refractivity contribution in [1.29, 1.82) is 0 Å². The molecule has 7 heteroatoms. The number of carbonyl (C=O) groups excluding carboxylic acids is 1. The number of guanidine groups is 1. The van der Waals surface area contributed by atoms with E-state index >= 15 is 0 Å². The Morgan fingerprint density at radius 1 is 1.36 bits per heavy atom. The Morgan fingerprint density at radius 3 is 2.77 bits per heavy atom. The van der Waals surface area contributed by atoms with Crippen LogP contribution in [0.3, 0.4) is 0 Å². The number of aliphatic imine (C=N–C) groups is 1. The maximum absolute atomic E-state index is 11.0. The Bertz CT molecular complexity index is 379. The van der Waals surface area contributed by atoms with Gasteiger partial charge in [0.05, 0.1) is 25.4 Å². The van der Waals surface area contributed by atoms with E-state index in [4.69, 9.17) is 4.74 Å². The molecule has 3 atom stereocenters. The normalized spacial score (nSPS) is 26.5. The lowest BCUT2D eigenvalue weighted by Crippen LogP contribution is -2.47. The molecule has 2 rings (SSSR count). The molecule has 2 saturated heterocycles. The predicted molar refractivity (Wildman–Crippen MR) is 96.7 cm³/mol. The van der Waals surface area contributed by atoms with Crippen molar-refractivity contribution in [2.75, 3.05) is 20.2 Å². The first kappa shape index (κ1) is 19.5. The third-order valence-corrected chi connectivity index (χ3v) is 4.06. The molecule has 2 heterocycles. The summed E-state index contributed by atoms with van der Waals surface area (Å²) in [6.07, 6.45) is 6.39. The number of methoxy groups -OCH3 is 1. The summed E-state index contributed by atoms with van der Waals surface area (Å²) < 4.78 is 10.5. The van der Waals surface area contributed by atoms with Crippen LogP contribution in [0.1, 0.15) is 45.4 Å². The number of halogens is 1. The highest BCUT2D eigenvalue weighted by molar-refractivity contribution is 14.0. The average molecular weight is 425 g/mol. The zero-order chi connectivity index (χ0) is 15.1. The van der Waals surface area contributed by atoms with Crippen LogP contribution in [0.25, 0.3) is 0 Å². The van der Waals surface area contributed by atoms with Crippen molar-refractivity contribution >= 4 is 35.9 Å². The number of nitrogens with one attached hydrogen (secondary N) is 2. The number of unbranched alkanes of at least 4 members (excludes halogenated alkanes) is 1. The first-order chi connectivity index (χ1) is 10.2. The van der Waals surface area contributed by atoms with E-state index in [0.29, 0.717) is 31.2 Å². The van der Waals surface area contributed by atoms with Gasteiger partial charge in [0, 0.05) is 19.5 Å². The molecule has 128 valence electrons. The highest BCUT2D eigenvalue weighted by atomic mass is 127. The average Bonchev–Trinajstić information content (AvgIpc) is 3.09. The molecule has 3 unspecified atom stereocenters. The number of ether oxygens (including phenoxy) is 2. The second-order valence-corrected chi connectivity index (χ2v) is 5.65. The molecule has 2 bridgehead atoms. The molecule has 0 aromatic heterocycles. The summed E-state index contributed by atoms with van der Waals surface area (Å²) >= 11 is 0. The molecular formula is C15H28IN3O3. The SMILES string of the molecule is CCNC(=NCCCCC(=O)OC)NC1CC2CCC1O2.I. The Labute approximate surface area is 149 Å². The molecule has 0 amide bonds. The fourth-order valence-corrected chi connectivity index (χ4v) is 2.96. The summed E-state index contributed by atoms with van der Waals surface area (Å²) in [5, 5.41) is 6.75. The van der Waals surface area contributed by atoms with E-state index in [1.165, 1.54) is 13.5 Å². The standard InChI is InChI=1S/C15H27N3O3.HI/c1-3-16-15(17-9-5-4-6-14(19)20-2)18-12-10-11-7-8-13(12)21-11;/h11-13H,3-10H2,1-2H3,(H2,16,17,18);1H. The van der Waals surface area contributed by atoms with Gasteiger partial charge in [0.25, 0.3) is 0 Å². The molecule has 0 aromatic rings. The van der Waals surface area contributed by atoms with Crippen LogP contribution in [0.15, 0.2) is 4.99 Å². The van der Waals surface area contributed by atoms with Gasteiger partial charge in [-0.1, -0.05) is 0 Å². The van der Waals surface area contributed by atoms with E-state index in [2.05, 4.69) is 27.3 Å². The van der Waals surface area contributed by atoms with Crippen molar-refractivity contribution in [3.63, 3.8) is 0 Å². The quantitative estimate of drug-likeness (QED) is 0.214. The van der Waals surface area contributed by atoms with Crippen LogP contribution in [0.5, 0.6) is 0 Å². The fourth-order valence-electron chi connectivity index (χ4n) is 2.96. The molecule has 22 heavy (non-hydrogen) atoms. The maximum Gasteiger partial charge on any atom is 0.305 e. The highest BCUT2D eigenvalue weighted by Crippen LogP contribution is 2.34. The summed E-state index contributed by atoms with van der Waals surface area (Å²) in [6.45, 7) is 3.62. The van der Waals surface area contributed by atoms with Gasteiger partial charge in [0.15, 0.2) is 5.96 Å². The first-order valence-corrected chi connectivity index (χ1v) is 8.00. The third kappa shape index (κ3) is 5.91. The Hall–Kier alpha value is -0.570. The Kier molecular flexibility index (Phi) is 9.08. The lowest BCUT2D eigenvalue weighted by atomic mass is 9.96. The minimum Gasteiger partial charge on any atom is -0.469 e. The maximum atomic E-state index is 11.0. The van der Waals surface area contributed by atoms with Crippen molar-refractivity contribution in [2.24, 2.45) is 4.99 Å². The zero-order valence-corrected chi connectivity index (χ0v) is 15.8. The molecule has 2 aliphatic rings. The number of nitrogens with zero attached hydrogens (tertiary/aromatic N) is 1. The topological polar surface area (TPSA) is 72.0 Å². The van der Waals surface area contributed by atoms with Crippen LogP contribution in [-0.4, -0.2) is 50.4 Å². The molecule has 0 spiro atoms. The minimum atomic E-state index is -0.150. The van der Waals surface area contributed by atoms with Crippen LogP contribution in [-0.2, 0) is 14.3 Å². The monoisotopic (exact) mass is 425 g/mol. The minimum absolute atomic E-state index is 0. The van der Waals surface area contributed by atoms with Gasteiger partial charge in [-0.3, -0.25) is 9.79 Å². The highest BCUT2D eigenvalue weighted by Gasteiger charge is 2.41. The van der Waals surface area contributed by atoms with E-state index in [9.17, 15) is 4.79 Å². The van der Waals surface area contributed by atoms with Crippen molar-refractivity contribution < 1.29 is 14.3 Å². The zero-order valence-electron chi connectivity index (χ0n) is 13.5. The van der Waals surface area contributed by atoms with E-state index in [1.807, 2.05) is 0 Å². The van der Waals surface area contributed by atoms with Crippen molar-refractivity contribution in [3.8, 4) is 0 Å². The van der Waals surface area contributed by atoms with E-state index in [0.717, 1.165) is 38.2 Å². The Balaban J connectivity index is 0.00000242. The number of esters is 1. The smallest absolute Gasteiger partial charge is 0.305 e. The summed E-state index contributed by atoms with van der Waals surface area (Å²) in [5.41, 5.74) is 0. The largest absolute Gasteiger partial charge is 0.469 e. The Morgan fingerprint density at radius 2 is 2.18 bits per heavy atom. The molecule has 2 N–H and O–H groups in total. The van der Waals surface area contributed by atoms with Gasteiger partial charge in [0.1, 0.15) is 0 Å². The van der Waals surface area contributed by atoms with Gasteiger partial charge in [-0.25, -0.2) is 0 Å². The van der Waals surface area contributed by atoms with Crippen LogP contribution in [0.2, 0.25) is 0 Å². The second kappa shape index (κ2) is 10.3. The molecule has 2 aliphatic heterocycles. The van der Waals surface area contributed by atoms with E-state index < -0.39 is 0 Å². The van der Waals surface area contributed by atoms with Gasteiger partial charge in [-0.2, -0.15) is 0 Å². The van der Waals surface area contributed by atoms with E-state index in [-0.39, 0.29) is 29.9 Å². The third-order valence-electron chi connectivity index (χ3n) is 4.06. The van der Waals surface area contributed by atoms with Gasteiger partial charge in [-0.05, 0) is 39.0 Å². The second-order valence-electron chi connectivity index (χ2n) is 5.65. The summed E-state index contributed by atoms with van der Waals surface area (Å²) in [7, 11) is 1.42. The lowest BCUT2D eigenvalue weighted by Gasteiger charge is -2.22. The number of fused-ring (bicyclic) bond motifs is 2. The van der Waals surface area contributed by atoms with Crippen LogP contribution < -0.4 is 10.6 Å². The molecule has 6 nitrogen and oxygen atoms in total. The number of carbonyl (C=O) groups is 1. The van der Waals surface area contributed by atoms with Crippen LogP contribution in [0.4, 0.5) is 0 Å². The molecule has 0 aliphatic carbocycles. The van der Waals surface area contributed by atoms with Crippen molar-refractivity contribution in [2.45, 2.75) is 63.7 Å².